The van der Waals surface area contributed by atoms with Crippen molar-refractivity contribution in [2.24, 2.45) is 5.92 Å². The molecule has 0 rings (SSSR count). The van der Waals surface area contributed by atoms with Gasteiger partial charge in [0.25, 0.3) is 0 Å². The molecule has 0 radical (unpaired) electrons. The molecular weight excluding hydrogens is 432 g/mol. The first-order valence-electron chi connectivity index (χ1n) is 12.4. The van der Waals surface area contributed by atoms with E-state index in [4.69, 9.17) is 8.85 Å². The van der Waals surface area contributed by atoms with Crippen LogP contribution in [0, 0.1) is 5.92 Å². The van der Waals surface area contributed by atoms with Crippen molar-refractivity contribution in [2.45, 2.75) is 123 Å². The van der Waals surface area contributed by atoms with Crippen LogP contribution in [0.1, 0.15) is 87.0 Å². The molecule has 188 valence electrons. The maximum atomic E-state index is 12.9. The third kappa shape index (κ3) is 11.5. The maximum Gasteiger partial charge on any atom is 0.191 e. The second-order valence-corrected chi connectivity index (χ2v) is 21.9. The van der Waals surface area contributed by atoms with E-state index in [-0.39, 0.29) is 21.8 Å². The summed E-state index contributed by atoms with van der Waals surface area (Å²) in [6.45, 7) is 26.0. The molecule has 0 fully saturated rings. The summed E-state index contributed by atoms with van der Waals surface area (Å²) in [7, 11) is -3.49. The highest BCUT2D eigenvalue weighted by atomic mass is 28.4. The molecule has 1 atom stereocenters. The van der Waals surface area contributed by atoms with Gasteiger partial charge in [0.05, 0.1) is 0 Å². The Labute approximate surface area is 201 Å². The zero-order valence-electron chi connectivity index (χ0n) is 23.0. The molecule has 0 N–H and O–H groups in total. The summed E-state index contributed by atoms with van der Waals surface area (Å²) in [6, 6.07) is 0. The Balaban J connectivity index is 4.90. The molecule has 0 aromatic rings. The Kier molecular flexibility index (Phi) is 13.1. The van der Waals surface area contributed by atoms with Gasteiger partial charge >= 0.3 is 0 Å². The normalized spacial score (nSPS) is 15.0. The van der Waals surface area contributed by atoms with E-state index in [1.54, 1.807) is 0 Å². The number of Topliss-reactive ketones (excluding diaryl/α,β-unsaturated/α-hetero) is 1. The average Bonchev–Trinajstić information content (AvgIpc) is 2.61. The number of allylic oxidation sites excluding steroid dienone is 2. The number of carbonyl (C=O) groups is 2. The van der Waals surface area contributed by atoms with E-state index in [0.29, 0.717) is 19.4 Å². The van der Waals surface area contributed by atoms with Gasteiger partial charge in [0, 0.05) is 26.1 Å². The first kappa shape index (κ1) is 31.4. The molecule has 0 saturated heterocycles. The van der Waals surface area contributed by atoms with E-state index in [1.807, 2.05) is 6.92 Å². The minimum atomic E-state index is -1.77. The quantitative estimate of drug-likeness (QED) is 0.103. The van der Waals surface area contributed by atoms with Crippen LogP contribution in [0.25, 0.3) is 0 Å². The van der Waals surface area contributed by atoms with Gasteiger partial charge in [-0.05, 0) is 73.4 Å². The lowest BCUT2D eigenvalue weighted by Gasteiger charge is -2.36. The summed E-state index contributed by atoms with van der Waals surface area (Å²) < 4.78 is 12.6. The van der Waals surface area contributed by atoms with Crippen LogP contribution in [0.3, 0.4) is 0 Å². The number of rotatable bonds is 15. The summed E-state index contributed by atoms with van der Waals surface area (Å²) in [6.07, 6.45) is 7.26. The van der Waals surface area contributed by atoms with Crippen LogP contribution < -0.4 is 0 Å². The van der Waals surface area contributed by atoms with Crippen LogP contribution in [-0.2, 0) is 18.4 Å². The van der Waals surface area contributed by atoms with Gasteiger partial charge < -0.3 is 13.6 Å². The van der Waals surface area contributed by atoms with Gasteiger partial charge in [-0.15, -0.1) is 0 Å². The summed E-state index contributed by atoms with van der Waals surface area (Å²) >= 11 is 0. The molecule has 0 aliphatic heterocycles. The second kappa shape index (κ2) is 13.4. The van der Waals surface area contributed by atoms with Crippen LogP contribution in [0.2, 0.25) is 36.3 Å². The zero-order valence-corrected chi connectivity index (χ0v) is 25.0. The molecule has 6 heteroatoms. The van der Waals surface area contributed by atoms with E-state index in [2.05, 4.69) is 73.8 Å². The SMILES string of the molecule is C[C@@H](CC=O)CC(=O)/C(=C/CCCO[Si](C)(C)C(C)(C)C)CCCO[Si](C)(C)C(C)(C)C. The fraction of sp³-hybridized carbons (Fsp3) is 0.846. The molecule has 4 nitrogen and oxygen atoms in total. The molecule has 0 aliphatic carbocycles. The molecule has 0 heterocycles. The van der Waals surface area contributed by atoms with Gasteiger partial charge in [-0.25, -0.2) is 0 Å². The minimum absolute atomic E-state index is 0.0915. The molecule has 0 bridgehead atoms. The van der Waals surface area contributed by atoms with E-state index in [9.17, 15) is 9.59 Å². The predicted molar refractivity (Wildman–Crippen MR) is 142 cm³/mol. The van der Waals surface area contributed by atoms with Gasteiger partial charge in [-0.1, -0.05) is 54.5 Å². The third-order valence-electron chi connectivity index (χ3n) is 7.26. The number of hydrogen-bond acceptors (Lipinski definition) is 4. The summed E-state index contributed by atoms with van der Waals surface area (Å²) in [5.74, 6) is 0.269. The number of ketones is 1. The molecule has 0 spiro atoms. The number of hydrogen-bond donors (Lipinski definition) is 0. The highest BCUT2D eigenvalue weighted by Gasteiger charge is 2.37. The van der Waals surface area contributed by atoms with Crippen molar-refractivity contribution >= 4 is 28.7 Å². The Morgan fingerprint density at radius 1 is 0.875 bits per heavy atom. The van der Waals surface area contributed by atoms with Gasteiger partial charge in [0.1, 0.15) is 6.29 Å². The van der Waals surface area contributed by atoms with E-state index in [0.717, 1.165) is 44.1 Å². The lowest BCUT2D eigenvalue weighted by Crippen LogP contribution is -2.41. The minimum Gasteiger partial charge on any atom is -0.417 e. The lowest BCUT2D eigenvalue weighted by molar-refractivity contribution is -0.116. The Hall–Kier alpha value is -0.566. The highest BCUT2D eigenvalue weighted by molar-refractivity contribution is 6.74. The second-order valence-electron chi connectivity index (χ2n) is 12.3. The number of aldehydes is 1. The fourth-order valence-electron chi connectivity index (χ4n) is 2.76. The van der Waals surface area contributed by atoms with E-state index >= 15 is 0 Å². The molecular formula is C26H52O4Si2. The van der Waals surface area contributed by atoms with Gasteiger partial charge in [-0.3, -0.25) is 4.79 Å². The van der Waals surface area contributed by atoms with Crippen LogP contribution >= 0.6 is 0 Å². The Morgan fingerprint density at radius 2 is 1.34 bits per heavy atom. The summed E-state index contributed by atoms with van der Waals surface area (Å²) in [5.41, 5.74) is 0.897. The van der Waals surface area contributed by atoms with Crippen molar-refractivity contribution in [1.29, 1.82) is 0 Å². The van der Waals surface area contributed by atoms with Gasteiger partial charge in [0.15, 0.2) is 22.4 Å². The molecule has 0 amide bonds. The number of carbonyl (C=O) groups excluding carboxylic acids is 2. The predicted octanol–water partition coefficient (Wildman–Crippen LogP) is 7.70. The molecule has 0 saturated carbocycles. The molecule has 0 aliphatic rings. The molecule has 0 aromatic carbocycles. The lowest BCUT2D eigenvalue weighted by atomic mass is 9.94. The monoisotopic (exact) mass is 484 g/mol. The van der Waals surface area contributed by atoms with Crippen molar-refractivity contribution in [2.75, 3.05) is 13.2 Å². The molecule has 32 heavy (non-hydrogen) atoms. The standard InChI is InChI=1S/C26H52O4Si2/c1-22(17-18-27)21-24(28)23(16-14-20-30-32(10,11)26(5,6)7)15-12-13-19-29-31(8,9)25(2,3)4/h15,18,22H,12-14,16-17,19-21H2,1-11H3/b23-15+/t22-/m0/s1. The van der Waals surface area contributed by atoms with Gasteiger partial charge in [0.2, 0.25) is 0 Å². The van der Waals surface area contributed by atoms with Crippen molar-refractivity contribution in [3.8, 4) is 0 Å². The molecule has 0 aromatic heterocycles. The first-order chi connectivity index (χ1) is 14.4. The first-order valence-corrected chi connectivity index (χ1v) is 18.2. The smallest absolute Gasteiger partial charge is 0.191 e. The zero-order chi connectivity index (χ0) is 25.2. The van der Waals surface area contributed by atoms with E-state index in [1.165, 1.54) is 0 Å². The largest absolute Gasteiger partial charge is 0.417 e. The summed E-state index contributed by atoms with van der Waals surface area (Å²) in [5, 5.41) is 0.402. The fourth-order valence-corrected chi connectivity index (χ4v) is 4.94. The van der Waals surface area contributed by atoms with Crippen LogP contribution in [-0.4, -0.2) is 41.9 Å². The van der Waals surface area contributed by atoms with E-state index < -0.39 is 16.6 Å². The van der Waals surface area contributed by atoms with Gasteiger partial charge in [-0.2, -0.15) is 0 Å². The van der Waals surface area contributed by atoms with Crippen molar-refractivity contribution < 1.29 is 18.4 Å². The topological polar surface area (TPSA) is 52.6 Å². The van der Waals surface area contributed by atoms with Crippen LogP contribution in [0.15, 0.2) is 11.6 Å². The Morgan fingerprint density at radius 3 is 1.78 bits per heavy atom. The van der Waals surface area contributed by atoms with Crippen molar-refractivity contribution in [3.63, 3.8) is 0 Å². The summed E-state index contributed by atoms with van der Waals surface area (Å²) in [4.78, 5) is 23.7. The molecule has 0 unspecified atom stereocenters. The number of unbranched alkanes of at least 4 members (excludes halogenated alkanes) is 1. The van der Waals surface area contributed by atoms with Crippen molar-refractivity contribution in [1.82, 2.24) is 0 Å². The van der Waals surface area contributed by atoms with Crippen LogP contribution in [0.5, 0.6) is 0 Å². The average molecular weight is 485 g/mol. The van der Waals surface area contributed by atoms with Crippen molar-refractivity contribution in [3.05, 3.63) is 11.6 Å². The van der Waals surface area contributed by atoms with Crippen LogP contribution in [0.4, 0.5) is 0 Å². The Bertz CT molecular complexity index is 610. The highest BCUT2D eigenvalue weighted by Crippen LogP contribution is 2.37. The maximum absolute atomic E-state index is 12.9. The third-order valence-corrected chi connectivity index (χ3v) is 16.3.